The van der Waals surface area contributed by atoms with Crippen molar-refractivity contribution in [3.8, 4) is 0 Å². The Bertz CT molecular complexity index is 194. The van der Waals surface area contributed by atoms with E-state index in [1.54, 1.807) is 0 Å². The van der Waals surface area contributed by atoms with Gasteiger partial charge in [0.05, 0.1) is 6.42 Å². The van der Waals surface area contributed by atoms with Crippen molar-refractivity contribution in [3.05, 3.63) is 11.5 Å². The van der Waals surface area contributed by atoms with Crippen molar-refractivity contribution in [2.45, 2.75) is 19.6 Å². The summed E-state index contributed by atoms with van der Waals surface area (Å²) < 4.78 is 4.63. The van der Waals surface area contributed by atoms with E-state index in [1.165, 1.54) is 6.92 Å². The van der Waals surface area contributed by atoms with E-state index in [4.69, 9.17) is 10.2 Å². The van der Waals surface area contributed by atoms with Crippen molar-refractivity contribution in [2.75, 3.05) is 0 Å². The molecule has 0 radical (unpaired) electrons. The topological polar surface area (TPSA) is 66.8 Å². The van der Waals surface area contributed by atoms with Gasteiger partial charge in [0.15, 0.2) is 5.76 Å². The monoisotopic (exact) mass is 144 g/mol. The fourth-order valence-corrected chi connectivity index (χ4v) is 0.753. The fourth-order valence-electron chi connectivity index (χ4n) is 0.753. The summed E-state index contributed by atoms with van der Waals surface area (Å²) in [6.07, 6.45) is -1.26. The Morgan fingerprint density at radius 3 is 2.80 bits per heavy atom. The minimum atomic E-state index is -1.09. The highest BCUT2D eigenvalue weighted by Crippen LogP contribution is 2.16. The van der Waals surface area contributed by atoms with Crippen molar-refractivity contribution in [2.24, 2.45) is 0 Å². The van der Waals surface area contributed by atoms with E-state index >= 15 is 0 Å². The first kappa shape index (κ1) is 7.08. The van der Waals surface area contributed by atoms with Gasteiger partial charge in [0.2, 0.25) is 12.1 Å². The third kappa shape index (κ3) is 1.11. The van der Waals surface area contributed by atoms with Crippen molar-refractivity contribution in [3.63, 3.8) is 0 Å². The largest absolute Gasteiger partial charge is 0.502 e. The normalized spacial score (nSPS) is 26.6. The van der Waals surface area contributed by atoms with E-state index in [0.717, 1.165) is 0 Å². The molecule has 0 bridgehead atoms. The van der Waals surface area contributed by atoms with Crippen LogP contribution in [0.5, 0.6) is 0 Å². The Morgan fingerprint density at radius 2 is 2.30 bits per heavy atom. The van der Waals surface area contributed by atoms with Crippen molar-refractivity contribution in [1.82, 2.24) is 0 Å². The number of ether oxygens (including phenoxy) is 1. The molecule has 56 valence electrons. The summed E-state index contributed by atoms with van der Waals surface area (Å²) in [5, 5.41) is 17.6. The molecule has 0 saturated carbocycles. The summed E-state index contributed by atoms with van der Waals surface area (Å²) in [7, 11) is 0. The van der Waals surface area contributed by atoms with E-state index in [-0.39, 0.29) is 17.9 Å². The van der Waals surface area contributed by atoms with Gasteiger partial charge in [-0.15, -0.1) is 0 Å². The molecule has 1 atom stereocenters. The summed E-state index contributed by atoms with van der Waals surface area (Å²) in [5.41, 5.74) is 0. The number of carbonyl (C=O) groups excluding carboxylic acids is 1. The van der Waals surface area contributed by atoms with Crippen LogP contribution in [0.4, 0.5) is 0 Å². The maximum absolute atomic E-state index is 10.7. The Labute approximate surface area is 57.7 Å². The number of ketones is 1. The van der Waals surface area contributed by atoms with Crippen LogP contribution < -0.4 is 0 Å². The number of Topliss-reactive ketones (excluding diaryl/α,β-unsaturated/α-hetero) is 1. The molecule has 10 heavy (non-hydrogen) atoms. The highest BCUT2D eigenvalue weighted by atomic mass is 16.6. The second-order valence-electron chi connectivity index (χ2n) is 2.10. The molecule has 0 aromatic rings. The number of aliphatic hydroxyl groups is 2. The van der Waals surface area contributed by atoms with Crippen LogP contribution in [0.1, 0.15) is 13.3 Å². The first-order chi connectivity index (χ1) is 4.61. The molecule has 0 aromatic heterocycles. The molecule has 0 aliphatic carbocycles. The highest BCUT2D eigenvalue weighted by Gasteiger charge is 2.24. The van der Waals surface area contributed by atoms with Crippen molar-refractivity contribution in [1.29, 1.82) is 0 Å². The predicted molar refractivity (Wildman–Crippen MR) is 32.0 cm³/mol. The molecule has 1 rings (SSSR count). The first-order valence-electron chi connectivity index (χ1n) is 2.89. The summed E-state index contributed by atoms with van der Waals surface area (Å²) in [6.45, 7) is 1.43. The van der Waals surface area contributed by atoms with Gasteiger partial charge in [-0.25, -0.2) is 0 Å². The fraction of sp³-hybridized carbons (Fsp3) is 0.500. The lowest BCUT2D eigenvalue weighted by molar-refractivity contribution is -0.136. The molecule has 1 aliphatic heterocycles. The number of aliphatic hydroxyl groups excluding tert-OH is 2. The zero-order valence-electron chi connectivity index (χ0n) is 5.50. The van der Waals surface area contributed by atoms with Gasteiger partial charge < -0.3 is 14.9 Å². The van der Waals surface area contributed by atoms with E-state index in [9.17, 15) is 4.79 Å². The zero-order valence-corrected chi connectivity index (χ0v) is 5.50. The number of hydrogen-bond donors (Lipinski definition) is 2. The van der Waals surface area contributed by atoms with Gasteiger partial charge in [-0.2, -0.15) is 0 Å². The molecule has 1 heterocycles. The van der Waals surface area contributed by atoms with Gasteiger partial charge in [0.1, 0.15) is 5.76 Å². The molecule has 0 aromatic carbocycles. The van der Waals surface area contributed by atoms with E-state index < -0.39 is 12.1 Å². The van der Waals surface area contributed by atoms with Crippen LogP contribution in [0.25, 0.3) is 0 Å². The number of allylic oxidation sites excluding steroid dienone is 2. The average Bonchev–Trinajstić information content (AvgIpc) is 1.82. The van der Waals surface area contributed by atoms with Crippen LogP contribution in [0.3, 0.4) is 0 Å². The first-order valence-corrected chi connectivity index (χ1v) is 2.89. The van der Waals surface area contributed by atoms with Crippen LogP contribution in [0.2, 0.25) is 0 Å². The predicted octanol–water partition coefficient (Wildman–Crippen LogP) is 0.0837. The lowest BCUT2D eigenvalue weighted by Crippen LogP contribution is -2.24. The molecule has 4 nitrogen and oxygen atoms in total. The Hall–Kier alpha value is -1.03. The minimum absolute atomic E-state index is 0.0868. The number of carbonyl (C=O) groups is 1. The summed E-state index contributed by atoms with van der Waals surface area (Å²) in [6, 6.07) is 0. The number of hydrogen-bond acceptors (Lipinski definition) is 4. The molecule has 0 saturated heterocycles. The lowest BCUT2D eigenvalue weighted by Gasteiger charge is -2.18. The van der Waals surface area contributed by atoms with Crippen molar-refractivity contribution >= 4 is 5.78 Å². The van der Waals surface area contributed by atoms with E-state index in [1.807, 2.05) is 0 Å². The second-order valence-corrected chi connectivity index (χ2v) is 2.10. The molecule has 4 heteroatoms. The van der Waals surface area contributed by atoms with Crippen LogP contribution in [0, 0.1) is 0 Å². The van der Waals surface area contributed by atoms with Gasteiger partial charge in [-0.1, -0.05) is 0 Å². The maximum atomic E-state index is 10.7. The molecule has 1 unspecified atom stereocenters. The molecule has 2 N–H and O–H groups in total. The van der Waals surface area contributed by atoms with Crippen molar-refractivity contribution < 1.29 is 19.7 Å². The Kier molecular flexibility index (Phi) is 1.63. The van der Waals surface area contributed by atoms with Crippen LogP contribution in [-0.4, -0.2) is 22.3 Å². The molecule has 0 amide bonds. The quantitative estimate of drug-likeness (QED) is 0.505. The number of rotatable bonds is 0. The van der Waals surface area contributed by atoms with Gasteiger partial charge in [0, 0.05) is 0 Å². The van der Waals surface area contributed by atoms with Gasteiger partial charge in [-0.3, -0.25) is 4.79 Å². The minimum Gasteiger partial charge on any atom is -0.502 e. The van der Waals surface area contributed by atoms with E-state index in [2.05, 4.69) is 4.74 Å². The van der Waals surface area contributed by atoms with Crippen LogP contribution in [0.15, 0.2) is 11.5 Å². The third-order valence-electron chi connectivity index (χ3n) is 1.27. The molecular weight excluding hydrogens is 136 g/mol. The smallest absolute Gasteiger partial charge is 0.206 e. The molecular formula is C6H8O4. The molecule has 0 fully saturated rings. The van der Waals surface area contributed by atoms with Crippen LogP contribution >= 0.6 is 0 Å². The maximum Gasteiger partial charge on any atom is 0.206 e. The summed E-state index contributed by atoms with van der Waals surface area (Å²) in [4.78, 5) is 10.7. The summed E-state index contributed by atoms with van der Waals surface area (Å²) in [5.74, 6) is -0.773. The second kappa shape index (κ2) is 2.30. The summed E-state index contributed by atoms with van der Waals surface area (Å²) >= 11 is 0. The Balaban J connectivity index is 2.85. The third-order valence-corrected chi connectivity index (χ3v) is 1.27. The van der Waals surface area contributed by atoms with Crippen LogP contribution in [-0.2, 0) is 9.53 Å². The average molecular weight is 144 g/mol. The molecule has 1 aliphatic rings. The van der Waals surface area contributed by atoms with E-state index in [0.29, 0.717) is 0 Å². The SMILES string of the molecule is CC1=C(O)C(=O)CC(O)O1. The molecule has 0 spiro atoms. The standard InChI is InChI=1S/C6H8O4/c1-3-6(9)4(7)2-5(8)10-3/h5,8-9H,2H2,1H3. The van der Waals surface area contributed by atoms with Gasteiger partial charge in [-0.05, 0) is 6.92 Å². The van der Waals surface area contributed by atoms with Gasteiger partial charge >= 0.3 is 0 Å². The Morgan fingerprint density at radius 1 is 1.70 bits per heavy atom. The lowest BCUT2D eigenvalue weighted by atomic mass is 10.2. The van der Waals surface area contributed by atoms with Gasteiger partial charge in [0.25, 0.3) is 0 Å². The highest BCUT2D eigenvalue weighted by molar-refractivity contribution is 5.94. The zero-order chi connectivity index (χ0) is 7.72.